The highest BCUT2D eigenvalue weighted by molar-refractivity contribution is 9.10. The maximum absolute atomic E-state index is 14.1. The summed E-state index contributed by atoms with van der Waals surface area (Å²) < 4.78 is 35.1. The summed E-state index contributed by atoms with van der Waals surface area (Å²) in [6.07, 6.45) is 1.08. The molecule has 0 spiro atoms. The number of carbonyl (C=O) groups is 2. The minimum Gasteiger partial charge on any atom is -0.497 e. The quantitative estimate of drug-likeness (QED) is 0.258. The van der Waals surface area contributed by atoms with Gasteiger partial charge in [0.05, 0.1) is 17.7 Å². The predicted octanol–water partition coefficient (Wildman–Crippen LogP) is 5.68. The van der Waals surface area contributed by atoms with Gasteiger partial charge in [-0.15, -0.1) is 0 Å². The lowest BCUT2D eigenvalue weighted by molar-refractivity contribution is -0.140. The Labute approximate surface area is 251 Å². The van der Waals surface area contributed by atoms with Crippen molar-refractivity contribution in [2.24, 2.45) is 0 Å². The number of nitrogens with zero attached hydrogens (tertiary/aromatic N) is 2. The lowest BCUT2D eigenvalue weighted by Gasteiger charge is -2.33. The number of carbonyl (C=O) groups excluding carboxylic acids is 2. The van der Waals surface area contributed by atoms with E-state index in [-0.39, 0.29) is 23.4 Å². The molecule has 0 aromatic heterocycles. The number of hydrogen-bond acceptors (Lipinski definition) is 5. The number of anilines is 1. The number of benzene rings is 3. The molecule has 0 fully saturated rings. The molecule has 1 N–H and O–H groups in total. The molecule has 2 amide bonds. The van der Waals surface area contributed by atoms with Crippen LogP contribution in [0.1, 0.15) is 44.7 Å². The molecule has 3 rings (SSSR count). The molecule has 0 bridgehead atoms. The summed E-state index contributed by atoms with van der Waals surface area (Å²) in [5.41, 5.74) is 2.00. The van der Waals surface area contributed by atoms with E-state index in [4.69, 9.17) is 4.74 Å². The third-order valence-corrected chi connectivity index (χ3v) is 9.19. The molecule has 0 aliphatic heterocycles. The molecule has 0 heterocycles. The van der Waals surface area contributed by atoms with Gasteiger partial charge >= 0.3 is 0 Å². The van der Waals surface area contributed by atoms with E-state index in [1.54, 1.807) is 55.6 Å². The van der Waals surface area contributed by atoms with E-state index >= 15 is 0 Å². The summed E-state index contributed by atoms with van der Waals surface area (Å²) >= 11 is 3.39. The second-order valence-corrected chi connectivity index (χ2v) is 12.7. The average molecular weight is 645 g/mol. The SMILES string of the molecule is CCC(C)NC(=O)C(CC)N(Cc1cccc(OC)c1)C(=O)CN(c1ccc(Br)cc1)S(=O)(=O)c1ccc(C)cc1. The highest BCUT2D eigenvalue weighted by Crippen LogP contribution is 2.27. The van der Waals surface area contributed by atoms with Gasteiger partial charge in [0.2, 0.25) is 11.8 Å². The number of amides is 2. The van der Waals surface area contributed by atoms with Crippen LogP contribution in [0.4, 0.5) is 5.69 Å². The van der Waals surface area contributed by atoms with Crippen molar-refractivity contribution in [2.75, 3.05) is 18.0 Å². The van der Waals surface area contributed by atoms with Gasteiger partial charge in [-0.2, -0.15) is 0 Å². The molecule has 0 aliphatic carbocycles. The Morgan fingerprint density at radius 3 is 2.22 bits per heavy atom. The average Bonchev–Trinajstić information content (AvgIpc) is 2.96. The van der Waals surface area contributed by atoms with E-state index in [9.17, 15) is 18.0 Å². The first-order chi connectivity index (χ1) is 19.5. The van der Waals surface area contributed by atoms with Crippen LogP contribution in [0.5, 0.6) is 5.75 Å². The predicted molar refractivity (Wildman–Crippen MR) is 165 cm³/mol. The second-order valence-electron chi connectivity index (χ2n) is 9.92. The zero-order chi connectivity index (χ0) is 30.2. The number of hydrogen-bond donors (Lipinski definition) is 1. The maximum atomic E-state index is 14.1. The molecule has 8 nitrogen and oxygen atoms in total. The monoisotopic (exact) mass is 643 g/mol. The van der Waals surface area contributed by atoms with Gasteiger partial charge in [-0.3, -0.25) is 13.9 Å². The molecule has 220 valence electrons. The molecule has 0 radical (unpaired) electrons. The van der Waals surface area contributed by atoms with Crippen molar-refractivity contribution < 1.29 is 22.7 Å². The summed E-state index contributed by atoms with van der Waals surface area (Å²) in [5.74, 6) is -0.169. The molecule has 0 aliphatic rings. The van der Waals surface area contributed by atoms with E-state index in [1.165, 1.54) is 17.0 Å². The highest BCUT2D eigenvalue weighted by Gasteiger charge is 2.34. The summed E-state index contributed by atoms with van der Waals surface area (Å²) in [7, 11) is -2.56. The normalized spacial score (nSPS) is 12.7. The molecule has 0 saturated heterocycles. The van der Waals surface area contributed by atoms with Gasteiger partial charge in [-0.05, 0) is 80.8 Å². The van der Waals surface area contributed by atoms with Crippen molar-refractivity contribution in [3.8, 4) is 5.75 Å². The minimum absolute atomic E-state index is 0.0692. The molecular formula is C31H38BrN3O5S. The molecule has 0 saturated carbocycles. The van der Waals surface area contributed by atoms with E-state index in [1.807, 2.05) is 39.8 Å². The van der Waals surface area contributed by atoms with Crippen LogP contribution in [0.3, 0.4) is 0 Å². The molecule has 41 heavy (non-hydrogen) atoms. The fourth-order valence-corrected chi connectivity index (χ4v) is 5.98. The minimum atomic E-state index is -4.12. The fraction of sp³-hybridized carbons (Fsp3) is 0.355. The molecule has 2 unspecified atom stereocenters. The zero-order valence-electron chi connectivity index (χ0n) is 24.1. The Bertz CT molecular complexity index is 1430. The first-order valence-corrected chi connectivity index (χ1v) is 15.8. The maximum Gasteiger partial charge on any atom is 0.264 e. The molecule has 2 atom stereocenters. The van der Waals surface area contributed by atoms with Gasteiger partial charge in [-0.25, -0.2) is 8.42 Å². The van der Waals surface area contributed by atoms with Gasteiger partial charge in [0.1, 0.15) is 18.3 Å². The summed E-state index contributed by atoms with van der Waals surface area (Å²) in [5, 5.41) is 2.98. The Morgan fingerprint density at radius 1 is 0.976 bits per heavy atom. The number of halogens is 1. The Hall–Kier alpha value is -3.37. The van der Waals surface area contributed by atoms with Gasteiger partial charge in [-0.1, -0.05) is 59.6 Å². The summed E-state index contributed by atoms with van der Waals surface area (Å²) in [4.78, 5) is 29.1. The molecule has 3 aromatic rings. The third-order valence-electron chi connectivity index (χ3n) is 6.88. The highest BCUT2D eigenvalue weighted by atomic mass is 79.9. The molecule has 3 aromatic carbocycles. The number of methoxy groups -OCH3 is 1. The van der Waals surface area contributed by atoms with Crippen molar-refractivity contribution >= 4 is 43.5 Å². The van der Waals surface area contributed by atoms with Crippen LogP contribution >= 0.6 is 15.9 Å². The second kappa shape index (κ2) is 14.5. The topological polar surface area (TPSA) is 96.0 Å². The lowest BCUT2D eigenvalue weighted by atomic mass is 10.1. The van der Waals surface area contributed by atoms with E-state index in [0.717, 1.165) is 26.3 Å². The summed E-state index contributed by atoms with van der Waals surface area (Å²) in [6, 6.07) is 19.6. The fourth-order valence-electron chi connectivity index (χ4n) is 4.30. The lowest BCUT2D eigenvalue weighted by Crippen LogP contribution is -2.53. The molecule has 10 heteroatoms. The van der Waals surface area contributed by atoms with E-state index in [0.29, 0.717) is 17.9 Å². The zero-order valence-corrected chi connectivity index (χ0v) is 26.5. The van der Waals surface area contributed by atoms with Crippen LogP contribution < -0.4 is 14.4 Å². The van der Waals surface area contributed by atoms with Crippen LogP contribution in [0.25, 0.3) is 0 Å². The Balaban J connectivity index is 2.06. The largest absolute Gasteiger partial charge is 0.497 e. The Kier molecular flexibility index (Phi) is 11.4. The third kappa shape index (κ3) is 8.33. The van der Waals surface area contributed by atoms with Crippen LogP contribution in [0, 0.1) is 6.92 Å². The first kappa shape index (κ1) is 32.1. The summed E-state index contributed by atoms with van der Waals surface area (Å²) in [6.45, 7) is 7.19. The van der Waals surface area contributed by atoms with Crippen molar-refractivity contribution in [3.63, 3.8) is 0 Å². The van der Waals surface area contributed by atoms with E-state index < -0.39 is 28.5 Å². The van der Waals surface area contributed by atoms with E-state index in [2.05, 4.69) is 21.2 Å². The van der Waals surface area contributed by atoms with Crippen molar-refractivity contribution in [2.45, 2.75) is 64.1 Å². The number of ether oxygens (including phenoxy) is 1. The van der Waals surface area contributed by atoms with Crippen molar-refractivity contribution in [1.82, 2.24) is 10.2 Å². The van der Waals surface area contributed by atoms with Crippen molar-refractivity contribution in [3.05, 3.63) is 88.4 Å². The number of sulfonamides is 1. The van der Waals surface area contributed by atoms with Crippen molar-refractivity contribution in [1.29, 1.82) is 0 Å². The van der Waals surface area contributed by atoms with Crippen LogP contribution in [-0.4, -0.2) is 50.9 Å². The van der Waals surface area contributed by atoms with Gasteiger partial charge in [0.25, 0.3) is 10.0 Å². The Morgan fingerprint density at radius 2 is 1.63 bits per heavy atom. The van der Waals surface area contributed by atoms with Gasteiger partial charge in [0.15, 0.2) is 0 Å². The number of aryl methyl sites for hydroxylation is 1. The number of nitrogens with one attached hydrogen (secondary N) is 1. The number of rotatable bonds is 13. The molecular weight excluding hydrogens is 606 g/mol. The first-order valence-electron chi connectivity index (χ1n) is 13.6. The van der Waals surface area contributed by atoms with Crippen LogP contribution in [-0.2, 0) is 26.2 Å². The standard InChI is InChI=1S/C31H38BrN3O5S/c1-6-23(4)33-31(37)29(7-2)34(20-24-9-8-10-27(19-24)40-5)30(36)21-35(26-15-13-25(32)14-16-26)41(38,39)28-17-11-22(3)12-18-28/h8-19,23,29H,6-7,20-21H2,1-5H3,(H,33,37). The van der Waals surface area contributed by atoms with Crippen LogP contribution in [0.15, 0.2) is 82.2 Å². The van der Waals surface area contributed by atoms with Gasteiger partial charge < -0.3 is 15.0 Å². The smallest absolute Gasteiger partial charge is 0.264 e. The van der Waals surface area contributed by atoms with Crippen LogP contribution in [0.2, 0.25) is 0 Å². The van der Waals surface area contributed by atoms with Gasteiger partial charge in [0, 0.05) is 17.1 Å².